The molecule has 72 valence electrons. The first-order valence-corrected chi connectivity index (χ1v) is 5.30. The fourth-order valence-electron chi connectivity index (χ4n) is 1.20. The molecule has 0 amide bonds. The predicted octanol–water partition coefficient (Wildman–Crippen LogP) is 2.19. The molecule has 0 aliphatic heterocycles. The molecule has 0 spiro atoms. The summed E-state index contributed by atoms with van der Waals surface area (Å²) in [6, 6.07) is 7.53. The molecule has 0 radical (unpaired) electrons. The van der Waals surface area contributed by atoms with Gasteiger partial charge in [0, 0.05) is 0 Å². The van der Waals surface area contributed by atoms with Crippen LogP contribution < -0.4 is 4.72 Å². The first-order chi connectivity index (χ1) is 6.24. The molecule has 0 aromatic heterocycles. The minimum Gasteiger partial charge on any atom is -0.289 e. The number of rotatable bonds is 4. The van der Waals surface area contributed by atoms with Crippen LogP contribution in [-0.2, 0) is 17.7 Å². The number of para-hydroxylation sites is 1. The molecular formula is C9H13NO2S. The van der Waals surface area contributed by atoms with Crippen LogP contribution in [0.15, 0.2) is 24.3 Å². The van der Waals surface area contributed by atoms with Crippen LogP contribution in [0.1, 0.15) is 18.9 Å². The molecule has 0 fully saturated rings. The van der Waals surface area contributed by atoms with Crippen LogP contribution in [0.5, 0.6) is 0 Å². The summed E-state index contributed by atoms with van der Waals surface area (Å²) in [5.74, 6) is 0. The van der Waals surface area contributed by atoms with Crippen LogP contribution in [-0.4, -0.2) is 8.76 Å². The second-order valence-corrected chi connectivity index (χ2v) is 3.46. The van der Waals surface area contributed by atoms with Crippen molar-refractivity contribution in [3.05, 3.63) is 29.8 Å². The quantitative estimate of drug-likeness (QED) is 0.730. The van der Waals surface area contributed by atoms with Crippen molar-refractivity contribution in [2.45, 2.75) is 19.8 Å². The number of anilines is 1. The van der Waals surface area contributed by atoms with Gasteiger partial charge in [0.05, 0.1) is 5.69 Å². The number of aryl methyl sites for hydroxylation is 1. The van der Waals surface area contributed by atoms with E-state index in [0.29, 0.717) is 0 Å². The highest BCUT2D eigenvalue weighted by atomic mass is 32.2. The third-order valence-corrected chi connectivity index (χ3v) is 2.13. The maximum absolute atomic E-state index is 10.5. The van der Waals surface area contributed by atoms with Crippen molar-refractivity contribution in [1.29, 1.82) is 0 Å². The van der Waals surface area contributed by atoms with E-state index < -0.39 is 11.3 Å². The maximum atomic E-state index is 10.5. The molecule has 1 rings (SSSR count). The van der Waals surface area contributed by atoms with Crippen LogP contribution in [0.25, 0.3) is 0 Å². The van der Waals surface area contributed by atoms with E-state index in [2.05, 4.69) is 11.6 Å². The van der Waals surface area contributed by atoms with Crippen LogP contribution >= 0.6 is 0 Å². The van der Waals surface area contributed by atoms with E-state index in [1.165, 1.54) is 0 Å². The SMILES string of the molecule is CCCc1ccccc1NS(=O)O. The zero-order valence-electron chi connectivity index (χ0n) is 7.49. The molecule has 0 bridgehead atoms. The van der Waals surface area contributed by atoms with E-state index in [1.54, 1.807) is 6.07 Å². The average Bonchev–Trinajstić information content (AvgIpc) is 2.08. The maximum Gasteiger partial charge on any atom is 0.259 e. The molecule has 4 heteroatoms. The van der Waals surface area contributed by atoms with E-state index in [4.69, 9.17) is 4.55 Å². The Labute approximate surface area is 80.6 Å². The Hall–Kier alpha value is -0.870. The minimum atomic E-state index is -1.98. The third kappa shape index (κ3) is 3.16. The second-order valence-electron chi connectivity index (χ2n) is 2.76. The third-order valence-electron chi connectivity index (χ3n) is 1.73. The first kappa shape index (κ1) is 10.2. The Bertz CT molecular complexity index is 301. The average molecular weight is 199 g/mol. The van der Waals surface area contributed by atoms with Crippen molar-refractivity contribution in [1.82, 2.24) is 0 Å². The Balaban J connectivity index is 2.84. The lowest BCUT2D eigenvalue weighted by Crippen LogP contribution is -2.04. The van der Waals surface area contributed by atoms with E-state index in [1.807, 2.05) is 18.2 Å². The van der Waals surface area contributed by atoms with Crippen molar-refractivity contribution >= 4 is 17.0 Å². The van der Waals surface area contributed by atoms with Gasteiger partial charge in [-0.1, -0.05) is 31.5 Å². The van der Waals surface area contributed by atoms with Crippen LogP contribution in [0.3, 0.4) is 0 Å². The van der Waals surface area contributed by atoms with E-state index in [-0.39, 0.29) is 0 Å². The molecule has 0 aliphatic carbocycles. The smallest absolute Gasteiger partial charge is 0.259 e. The van der Waals surface area contributed by atoms with Crippen molar-refractivity contribution in [3.8, 4) is 0 Å². The van der Waals surface area contributed by atoms with E-state index >= 15 is 0 Å². The molecule has 0 heterocycles. The molecular weight excluding hydrogens is 186 g/mol. The minimum absolute atomic E-state index is 0.741. The summed E-state index contributed by atoms with van der Waals surface area (Å²) in [4.78, 5) is 0. The highest BCUT2D eigenvalue weighted by Gasteiger charge is 2.01. The van der Waals surface area contributed by atoms with Crippen LogP contribution in [0, 0.1) is 0 Å². The van der Waals surface area contributed by atoms with Gasteiger partial charge in [0.2, 0.25) is 0 Å². The van der Waals surface area contributed by atoms with Crippen molar-refractivity contribution in [2.75, 3.05) is 4.72 Å². The Morgan fingerprint density at radius 1 is 1.46 bits per heavy atom. The summed E-state index contributed by atoms with van der Waals surface area (Å²) < 4.78 is 21.7. The van der Waals surface area contributed by atoms with Gasteiger partial charge in [0.25, 0.3) is 11.3 Å². The van der Waals surface area contributed by atoms with Gasteiger partial charge < -0.3 is 0 Å². The first-order valence-electron chi connectivity index (χ1n) is 4.19. The van der Waals surface area contributed by atoms with Gasteiger partial charge in [-0.05, 0) is 18.1 Å². The lowest BCUT2D eigenvalue weighted by Gasteiger charge is -2.07. The molecule has 1 aromatic carbocycles. The van der Waals surface area contributed by atoms with Gasteiger partial charge in [-0.2, -0.15) is 0 Å². The monoisotopic (exact) mass is 199 g/mol. The Morgan fingerprint density at radius 2 is 2.15 bits per heavy atom. The molecule has 0 aliphatic rings. The zero-order chi connectivity index (χ0) is 9.68. The van der Waals surface area contributed by atoms with Gasteiger partial charge in [-0.3, -0.25) is 9.27 Å². The number of hydrogen-bond donors (Lipinski definition) is 2. The van der Waals surface area contributed by atoms with Gasteiger partial charge in [0.1, 0.15) is 0 Å². The lowest BCUT2D eigenvalue weighted by molar-refractivity contribution is 0.570. The number of nitrogens with one attached hydrogen (secondary N) is 1. The molecule has 13 heavy (non-hydrogen) atoms. The topological polar surface area (TPSA) is 49.3 Å². The van der Waals surface area contributed by atoms with Gasteiger partial charge in [-0.15, -0.1) is 0 Å². The van der Waals surface area contributed by atoms with Crippen molar-refractivity contribution in [2.24, 2.45) is 0 Å². The van der Waals surface area contributed by atoms with E-state index in [0.717, 1.165) is 24.1 Å². The summed E-state index contributed by atoms with van der Waals surface area (Å²) >= 11 is -1.98. The van der Waals surface area contributed by atoms with Gasteiger partial charge in [-0.25, -0.2) is 4.21 Å². The highest BCUT2D eigenvalue weighted by molar-refractivity contribution is 7.80. The Morgan fingerprint density at radius 3 is 2.77 bits per heavy atom. The number of hydrogen-bond acceptors (Lipinski definition) is 1. The molecule has 0 saturated heterocycles. The molecule has 1 atom stereocenters. The van der Waals surface area contributed by atoms with Crippen molar-refractivity contribution < 1.29 is 8.76 Å². The van der Waals surface area contributed by atoms with Gasteiger partial charge >= 0.3 is 0 Å². The summed E-state index contributed by atoms with van der Waals surface area (Å²) in [6.07, 6.45) is 1.94. The largest absolute Gasteiger partial charge is 0.289 e. The van der Waals surface area contributed by atoms with Crippen molar-refractivity contribution in [3.63, 3.8) is 0 Å². The lowest BCUT2D eigenvalue weighted by atomic mass is 10.1. The molecule has 2 N–H and O–H groups in total. The standard InChI is InChI=1S/C9H13NO2S/c1-2-5-8-6-3-4-7-9(8)10-13(11)12/h3-4,6-7,10H,2,5H2,1H3,(H,11,12). The summed E-state index contributed by atoms with van der Waals surface area (Å²) in [5.41, 5.74) is 1.82. The van der Waals surface area contributed by atoms with Crippen LogP contribution in [0.4, 0.5) is 5.69 Å². The van der Waals surface area contributed by atoms with Crippen LogP contribution in [0.2, 0.25) is 0 Å². The second kappa shape index (κ2) is 4.99. The van der Waals surface area contributed by atoms with Gasteiger partial charge in [0.15, 0.2) is 0 Å². The molecule has 1 unspecified atom stereocenters. The zero-order valence-corrected chi connectivity index (χ0v) is 8.30. The summed E-state index contributed by atoms with van der Waals surface area (Å²) in [6.45, 7) is 2.08. The normalized spacial score (nSPS) is 12.5. The molecule has 1 aromatic rings. The fourth-order valence-corrected chi connectivity index (χ4v) is 1.59. The fraction of sp³-hybridized carbons (Fsp3) is 0.333. The summed E-state index contributed by atoms with van der Waals surface area (Å²) in [5, 5.41) is 0. The highest BCUT2D eigenvalue weighted by Crippen LogP contribution is 2.16. The van der Waals surface area contributed by atoms with E-state index in [9.17, 15) is 4.21 Å². The Kier molecular flexibility index (Phi) is 3.92. The molecule has 0 saturated carbocycles. The predicted molar refractivity (Wildman–Crippen MR) is 54.8 cm³/mol. The summed E-state index contributed by atoms with van der Waals surface area (Å²) in [7, 11) is 0. The number of benzene rings is 1. The molecule has 3 nitrogen and oxygen atoms in total.